The van der Waals surface area contributed by atoms with Crippen molar-refractivity contribution in [2.75, 3.05) is 6.61 Å². The molecule has 0 saturated heterocycles. The van der Waals surface area contributed by atoms with E-state index in [9.17, 15) is 14.4 Å². The number of hydrogen-bond donors (Lipinski definition) is 3. The van der Waals surface area contributed by atoms with E-state index in [0.29, 0.717) is 0 Å². The van der Waals surface area contributed by atoms with Crippen molar-refractivity contribution in [2.45, 2.75) is 51.1 Å². The number of carbonyl (C=O) groups excluding carboxylic acids is 2. The van der Waals surface area contributed by atoms with Crippen molar-refractivity contribution in [3.63, 3.8) is 0 Å². The van der Waals surface area contributed by atoms with Crippen molar-refractivity contribution in [3.8, 4) is 11.1 Å². The first-order chi connectivity index (χ1) is 14.7. The molecule has 0 aromatic heterocycles. The molecule has 0 radical (unpaired) electrons. The smallest absolute Gasteiger partial charge is 0.407 e. The highest BCUT2D eigenvalue weighted by molar-refractivity contribution is 5.86. The third-order valence-corrected chi connectivity index (χ3v) is 5.50. The quantitative estimate of drug-likeness (QED) is 0.600. The summed E-state index contributed by atoms with van der Waals surface area (Å²) in [4.78, 5) is 35.5. The maximum atomic E-state index is 12.4. The van der Waals surface area contributed by atoms with Crippen LogP contribution in [0.25, 0.3) is 11.1 Å². The Kier molecular flexibility index (Phi) is 6.63. The van der Waals surface area contributed by atoms with Crippen molar-refractivity contribution < 1.29 is 24.2 Å². The van der Waals surface area contributed by atoms with Crippen LogP contribution in [0.4, 0.5) is 4.79 Å². The normalized spacial score (nSPS) is 13.6. The zero-order chi connectivity index (χ0) is 22.6. The molecule has 7 heteroatoms. The van der Waals surface area contributed by atoms with E-state index in [-0.39, 0.29) is 25.4 Å². The zero-order valence-electron chi connectivity index (χ0n) is 18.0. The largest absolute Gasteiger partial charge is 0.481 e. The van der Waals surface area contributed by atoms with Crippen LogP contribution in [-0.4, -0.2) is 41.3 Å². The van der Waals surface area contributed by atoms with E-state index < -0.39 is 29.6 Å². The number of carboxylic acids is 1. The van der Waals surface area contributed by atoms with Crippen molar-refractivity contribution >= 4 is 18.0 Å². The van der Waals surface area contributed by atoms with Gasteiger partial charge in [0.15, 0.2) is 0 Å². The van der Waals surface area contributed by atoms with E-state index in [0.717, 1.165) is 22.3 Å². The van der Waals surface area contributed by atoms with Crippen LogP contribution < -0.4 is 10.6 Å². The molecule has 0 heterocycles. The van der Waals surface area contributed by atoms with Gasteiger partial charge >= 0.3 is 12.1 Å². The van der Waals surface area contributed by atoms with Gasteiger partial charge in [0.1, 0.15) is 12.6 Å². The van der Waals surface area contributed by atoms with Crippen LogP contribution in [-0.2, 0) is 14.3 Å². The number of carbonyl (C=O) groups is 3. The summed E-state index contributed by atoms with van der Waals surface area (Å²) in [5, 5.41) is 14.1. The minimum atomic E-state index is -0.924. The molecule has 0 aliphatic heterocycles. The fourth-order valence-corrected chi connectivity index (χ4v) is 3.81. The Bertz CT molecular complexity index is 940. The average Bonchev–Trinajstić information content (AvgIpc) is 3.04. The van der Waals surface area contributed by atoms with E-state index in [2.05, 4.69) is 22.8 Å². The predicted octanol–water partition coefficient (Wildman–Crippen LogP) is 3.67. The molecule has 2 aromatic carbocycles. The molecule has 164 valence electrons. The first-order valence-electron chi connectivity index (χ1n) is 10.3. The lowest BCUT2D eigenvalue weighted by molar-refractivity contribution is -0.137. The van der Waals surface area contributed by atoms with E-state index in [1.807, 2.05) is 36.4 Å². The van der Waals surface area contributed by atoms with Gasteiger partial charge in [-0.1, -0.05) is 48.5 Å². The van der Waals surface area contributed by atoms with Crippen LogP contribution in [0.5, 0.6) is 0 Å². The number of ether oxygens (including phenoxy) is 1. The van der Waals surface area contributed by atoms with Gasteiger partial charge in [0.2, 0.25) is 5.91 Å². The minimum Gasteiger partial charge on any atom is -0.481 e. The number of hydrogen-bond acceptors (Lipinski definition) is 4. The number of carboxylic acid groups (broad SMARTS) is 1. The van der Waals surface area contributed by atoms with Gasteiger partial charge in [-0.15, -0.1) is 0 Å². The number of nitrogens with one attached hydrogen (secondary N) is 2. The summed E-state index contributed by atoms with van der Waals surface area (Å²) in [6.45, 7) is 5.21. The molecule has 0 fully saturated rings. The Balaban J connectivity index is 1.56. The molecule has 31 heavy (non-hydrogen) atoms. The van der Waals surface area contributed by atoms with Crippen molar-refractivity contribution in [1.82, 2.24) is 10.6 Å². The monoisotopic (exact) mass is 424 g/mol. The van der Waals surface area contributed by atoms with Gasteiger partial charge in [0.05, 0.1) is 0 Å². The number of amides is 2. The summed E-state index contributed by atoms with van der Waals surface area (Å²) in [7, 11) is 0. The maximum absolute atomic E-state index is 12.4. The van der Waals surface area contributed by atoms with Gasteiger partial charge < -0.3 is 20.5 Å². The first kappa shape index (κ1) is 22.3. The highest BCUT2D eigenvalue weighted by atomic mass is 16.5. The van der Waals surface area contributed by atoms with Crippen molar-refractivity contribution in [3.05, 3.63) is 59.7 Å². The number of benzene rings is 2. The summed E-state index contributed by atoms with van der Waals surface area (Å²) in [6.07, 6.45) is -0.444. The van der Waals surface area contributed by atoms with E-state index in [1.165, 1.54) is 0 Å². The molecule has 0 saturated carbocycles. The fraction of sp³-hybridized carbons (Fsp3) is 0.375. The molecular weight excluding hydrogens is 396 g/mol. The molecule has 0 bridgehead atoms. The SMILES string of the molecule is C[C@@H](NC(=O)OCC1c2ccccc2-c2ccccc21)C(=O)NC(C)(C)CCC(=O)O. The third kappa shape index (κ3) is 5.42. The van der Waals surface area contributed by atoms with Gasteiger partial charge in [-0.3, -0.25) is 9.59 Å². The summed E-state index contributed by atoms with van der Waals surface area (Å²) < 4.78 is 5.46. The topological polar surface area (TPSA) is 105 Å². The number of rotatable bonds is 8. The van der Waals surface area contributed by atoms with Crippen LogP contribution in [0.1, 0.15) is 50.7 Å². The second-order valence-corrected chi connectivity index (χ2v) is 8.46. The molecule has 0 spiro atoms. The van der Waals surface area contributed by atoms with Crippen LogP contribution in [0.2, 0.25) is 0 Å². The summed E-state index contributed by atoms with van der Waals surface area (Å²) in [6, 6.07) is 15.3. The highest BCUT2D eigenvalue weighted by Gasteiger charge is 2.30. The zero-order valence-corrected chi connectivity index (χ0v) is 18.0. The fourth-order valence-electron chi connectivity index (χ4n) is 3.81. The van der Waals surface area contributed by atoms with Crippen molar-refractivity contribution in [1.29, 1.82) is 0 Å². The third-order valence-electron chi connectivity index (χ3n) is 5.50. The van der Waals surface area contributed by atoms with E-state index in [4.69, 9.17) is 9.84 Å². The van der Waals surface area contributed by atoms with Gasteiger partial charge in [-0.2, -0.15) is 0 Å². The molecule has 2 aromatic rings. The molecule has 3 rings (SSSR count). The predicted molar refractivity (Wildman–Crippen MR) is 117 cm³/mol. The minimum absolute atomic E-state index is 0.0541. The van der Waals surface area contributed by atoms with Gasteiger partial charge in [0.25, 0.3) is 0 Å². The van der Waals surface area contributed by atoms with E-state index >= 15 is 0 Å². The van der Waals surface area contributed by atoms with Gasteiger partial charge in [0, 0.05) is 17.9 Å². The Morgan fingerprint density at radius 1 is 1.03 bits per heavy atom. The van der Waals surface area contributed by atoms with Crippen LogP contribution in [0.15, 0.2) is 48.5 Å². The molecule has 1 atom stereocenters. The molecule has 1 aliphatic carbocycles. The average molecular weight is 424 g/mol. The van der Waals surface area contributed by atoms with Crippen LogP contribution >= 0.6 is 0 Å². The lowest BCUT2D eigenvalue weighted by Gasteiger charge is -2.27. The van der Waals surface area contributed by atoms with Crippen LogP contribution in [0, 0.1) is 0 Å². The number of fused-ring (bicyclic) bond motifs is 3. The molecule has 7 nitrogen and oxygen atoms in total. The summed E-state index contributed by atoms with van der Waals surface area (Å²) in [5.74, 6) is -1.38. The van der Waals surface area contributed by atoms with Gasteiger partial charge in [-0.25, -0.2) is 4.79 Å². The molecule has 0 unspecified atom stereocenters. The Morgan fingerprint density at radius 3 is 2.13 bits per heavy atom. The van der Waals surface area contributed by atoms with Gasteiger partial charge in [-0.05, 0) is 49.4 Å². The second kappa shape index (κ2) is 9.20. The first-order valence-corrected chi connectivity index (χ1v) is 10.3. The number of aliphatic carboxylic acids is 1. The molecule has 3 N–H and O–H groups in total. The Morgan fingerprint density at radius 2 is 1.58 bits per heavy atom. The number of alkyl carbamates (subject to hydrolysis) is 1. The second-order valence-electron chi connectivity index (χ2n) is 8.46. The standard InChI is InChI=1S/C24H28N2O5/c1-15(22(29)26-24(2,3)13-12-21(27)28)25-23(30)31-14-20-18-10-6-4-8-16(18)17-9-5-7-11-19(17)20/h4-11,15,20H,12-14H2,1-3H3,(H,25,30)(H,26,29)(H,27,28)/t15-/m1/s1. The molecular formula is C24H28N2O5. The van der Waals surface area contributed by atoms with E-state index in [1.54, 1.807) is 20.8 Å². The summed E-state index contributed by atoms with van der Waals surface area (Å²) in [5.41, 5.74) is 3.81. The lowest BCUT2D eigenvalue weighted by atomic mass is 9.98. The molecule has 1 aliphatic rings. The summed E-state index contributed by atoms with van der Waals surface area (Å²) >= 11 is 0. The maximum Gasteiger partial charge on any atom is 0.407 e. The highest BCUT2D eigenvalue weighted by Crippen LogP contribution is 2.44. The van der Waals surface area contributed by atoms with Crippen molar-refractivity contribution in [2.24, 2.45) is 0 Å². The molecule has 2 amide bonds. The Hall–Kier alpha value is -3.35. The van der Waals surface area contributed by atoms with Crippen LogP contribution in [0.3, 0.4) is 0 Å². The Labute approximate surface area is 181 Å². The lowest BCUT2D eigenvalue weighted by Crippen LogP contribution is -2.52.